The smallest absolute Gasteiger partial charge is 0.0462 e. The Morgan fingerprint density at radius 2 is 0.673 bits per heavy atom. The molecule has 0 unspecified atom stereocenters. The summed E-state index contributed by atoms with van der Waals surface area (Å²) in [5, 5.41) is 0. The maximum absolute atomic E-state index is 2.30. The molecule has 234 valence electrons. The fraction of sp³-hybridized carbons (Fsp3) is 0. The van der Waals surface area contributed by atoms with Gasteiger partial charge in [-0.2, -0.15) is 0 Å². The maximum atomic E-state index is 2.30. The Balaban J connectivity index is 1.17. The average Bonchev–Trinajstić information content (AvgIpc) is 3.18. The van der Waals surface area contributed by atoms with E-state index in [2.05, 4.69) is 229 Å². The molecule has 0 amide bonds. The van der Waals surface area contributed by atoms with Gasteiger partial charge in [0.15, 0.2) is 0 Å². The molecule has 0 N–H and O–H groups in total. The number of hydrogen-bond donors (Lipinski definition) is 0. The zero-order chi connectivity index (χ0) is 33.1. The van der Waals surface area contributed by atoms with Gasteiger partial charge in [0.05, 0.1) is 0 Å². The number of nitrogens with zero attached hydrogens (tertiary/aromatic N) is 1. The van der Waals surface area contributed by atoms with Gasteiger partial charge < -0.3 is 4.90 Å². The number of para-hydroxylation sites is 1. The molecule has 7 rings (SSSR count). The van der Waals surface area contributed by atoms with E-state index in [-0.39, 0.29) is 0 Å². The zero-order valence-corrected chi connectivity index (χ0v) is 27.3. The van der Waals surface area contributed by atoms with Gasteiger partial charge in [0.2, 0.25) is 0 Å². The number of hydrogen-bond acceptors (Lipinski definition) is 1. The van der Waals surface area contributed by atoms with Gasteiger partial charge in [-0.25, -0.2) is 0 Å². The van der Waals surface area contributed by atoms with E-state index in [9.17, 15) is 0 Å². The highest BCUT2D eigenvalue weighted by molar-refractivity contribution is 5.92. The largest absolute Gasteiger partial charge is 0.311 e. The summed E-state index contributed by atoms with van der Waals surface area (Å²) < 4.78 is 0. The molecule has 0 aliphatic rings. The van der Waals surface area contributed by atoms with Gasteiger partial charge in [-0.1, -0.05) is 182 Å². The highest BCUT2D eigenvalue weighted by Gasteiger charge is 2.12. The standard InChI is InChI=1S/C48H37N/c1-6-18-40(19-7-1)47(41-20-8-2-9-21-41)28-16-17-38-29-33-45(34-30-38)49(44-26-14-5-15-27-44)46-35-31-39(32-36-46)37-48(42-22-10-3-11-23-42)43-24-12-4-13-25-43/h1-37H/b17-16+. The molecule has 49 heavy (non-hydrogen) atoms. The van der Waals surface area contributed by atoms with E-state index in [1.54, 1.807) is 0 Å². The normalized spacial score (nSPS) is 10.8. The molecule has 0 bridgehead atoms. The third-order valence-electron chi connectivity index (χ3n) is 8.52. The SMILES string of the molecule is C(/C=C/c1ccc(N(c2ccccc2)c2ccc(C=C(c3ccccc3)c3ccccc3)cc2)cc1)=C(c1ccccc1)c1ccccc1. The fourth-order valence-electron chi connectivity index (χ4n) is 6.06. The summed E-state index contributed by atoms with van der Waals surface area (Å²) in [6.45, 7) is 0. The molecule has 0 aliphatic heterocycles. The Kier molecular flexibility index (Phi) is 9.82. The van der Waals surface area contributed by atoms with E-state index in [0.717, 1.165) is 28.2 Å². The minimum absolute atomic E-state index is 1.10. The van der Waals surface area contributed by atoms with E-state index >= 15 is 0 Å². The molecule has 0 aliphatic carbocycles. The molecule has 0 saturated carbocycles. The Hall–Kier alpha value is -6.44. The van der Waals surface area contributed by atoms with Crippen LogP contribution in [-0.4, -0.2) is 0 Å². The van der Waals surface area contributed by atoms with Gasteiger partial charge >= 0.3 is 0 Å². The summed E-state index contributed by atoms with van der Waals surface area (Å²) in [5.41, 5.74) is 12.8. The van der Waals surface area contributed by atoms with Crippen LogP contribution in [0, 0.1) is 0 Å². The number of benzene rings is 7. The van der Waals surface area contributed by atoms with Crippen molar-refractivity contribution in [3.63, 3.8) is 0 Å². The lowest BCUT2D eigenvalue weighted by atomic mass is 9.95. The average molecular weight is 628 g/mol. The van der Waals surface area contributed by atoms with Crippen LogP contribution in [0.5, 0.6) is 0 Å². The van der Waals surface area contributed by atoms with Crippen LogP contribution in [0.3, 0.4) is 0 Å². The third kappa shape index (κ3) is 7.76. The summed E-state index contributed by atoms with van der Waals surface area (Å²) in [4.78, 5) is 2.30. The zero-order valence-electron chi connectivity index (χ0n) is 27.3. The lowest BCUT2D eigenvalue weighted by Crippen LogP contribution is -2.09. The third-order valence-corrected chi connectivity index (χ3v) is 8.52. The van der Waals surface area contributed by atoms with Crippen molar-refractivity contribution in [1.82, 2.24) is 0 Å². The minimum atomic E-state index is 1.10. The van der Waals surface area contributed by atoms with Crippen molar-refractivity contribution in [1.29, 1.82) is 0 Å². The predicted molar refractivity (Wildman–Crippen MR) is 210 cm³/mol. The number of allylic oxidation sites excluding steroid dienone is 2. The molecule has 0 saturated heterocycles. The van der Waals surface area contributed by atoms with Crippen LogP contribution in [-0.2, 0) is 0 Å². The first-order valence-corrected chi connectivity index (χ1v) is 16.7. The van der Waals surface area contributed by atoms with Crippen LogP contribution in [0.15, 0.2) is 212 Å². The Morgan fingerprint density at radius 3 is 1.10 bits per heavy atom. The van der Waals surface area contributed by atoms with Crippen LogP contribution in [0.1, 0.15) is 33.4 Å². The van der Waals surface area contributed by atoms with E-state index < -0.39 is 0 Å². The molecular formula is C48H37N. The quantitative estimate of drug-likeness (QED) is 0.108. The molecule has 0 spiro atoms. The van der Waals surface area contributed by atoms with Gasteiger partial charge in [-0.05, 0) is 87.0 Å². The molecule has 1 nitrogen and oxygen atoms in total. The second kappa shape index (κ2) is 15.4. The van der Waals surface area contributed by atoms with Crippen LogP contribution < -0.4 is 4.90 Å². The maximum Gasteiger partial charge on any atom is 0.0462 e. The molecule has 0 heterocycles. The van der Waals surface area contributed by atoms with Crippen molar-refractivity contribution in [2.45, 2.75) is 0 Å². The Labute approximate surface area is 290 Å². The lowest BCUT2D eigenvalue weighted by Gasteiger charge is -2.25. The van der Waals surface area contributed by atoms with Gasteiger partial charge in [0.25, 0.3) is 0 Å². The topological polar surface area (TPSA) is 3.24 Å². The number of anilines is 3. The molecule has 7 aromatic carbocycles. The van der Waals surface area contributed by atoms with Crippen LogP contribution in [0.4, 0.5) is 17.1 Å². The van der Waals surface area contributed by atoms with Crippen LogP contribution in [0.25, 0.3) is 23.3 Å². The molecule has 0 fully saturated rings. The van der Waals surface area contributed by atoms with Gasteiger partial charge in [-0.15, -0.1) is 0 Å². The Bertz CT molecular complexity index is 2060. The van der Waals surface area contributed by atoms with E-state index in [1.165, 1.54) is 33.4 Å². The first kappa shape index (κ1) is 31.2. The minimum Gasteiger partial charge on any atom is -0.311 e. The second-order valence-electron chi connectivity index (χ2n) is 11.8. The van der Waals surface area contributed by atoms with Crippen molar-refractivity contribution in [3.8, 4) is 0 Å². The summed E-state index contributed by atoms with van der Waals surface area (Å²) >= 11 is 0. The van der Waals surface area contributed by atoms with Crippen LogP contribution in [0.2, 0.25) is 0 Å². The summed E-state index contributed by atoms with van der Waals surface area (Å²) in [6.07, 6.45) is 8.79. The van der Waals surface area contributed by atoms with E-state index in [0.29, 0.717) is 0 Å². The molecule has 0 radical (unpaired) electrons. The second-order valence-corrected chi connectivity index (χ2v) is 11.8. The molecule has 1 heteroatoms. The van der Waals surface area contributed by atoms with Crippen molar-refractivity contribution in [3.05, 3.63) is 246 Å². The highest BCUT2D eigenvalue weighted by atomic mass is 15.1. The fourth-order valence-corrected chi connectivity index (χ4v) is 6.06. The molecule has 0 aromatic heterocycles. The summed E-state index contributed by atoms with van der Waals surface area (Å²) in [5.74, 6) is 0. The first-order valence-electron chi connectivity index (χ1n) is 16.7. The van der Waals surface area contributed by atoms with Crippen molar-refractivity contribution in [2.24, 2.45) is 0 Å². The van der Waals surface area contributed by atoms with Gasteiger partial charge in [0.1, 0.15) is 0 Å². The van der Waals surface area contributed by atoms with Gasteiger partial charge in [0, 0.05) is 17.1 Å². The van der Waals surface area contributed by atoms with Crippen molar-refractivity contribution < 1.29 is 0 Å². The predicted octanol–water partition coefficient (Wildman–Crippen LogP) is 12.9. The van der Waals surface area contributed by atoms with Crippen molar-refractivity contribution in [2.75, 3.05) is 4.90 Å². The number of rotatable bonds is 10. The van der Waals surface area contributed by atoms with Crippen molar-refractivity contribution >= 4 is 40.4 Å². The van der Waals surface area contributed by atoms with E-state index in [1.807, 2.05) is 0 Å². The Morgan fingerprint density at radius 1 is 0.327 bits per heavy atom. The summed E-state index contributed by atoms with van der Waals surface area (Å²) in [7, 11) is 0. The lowest BCUT2D eigenvalue weighted by molar-refractivity contribution is 1.28. The molecular weight excluding hydrogens is 591 g/mol. The van der Waals surface area contributed by atoms with Gasteiger partial charge in [-0.3, -0.25) is 0 Å². The first-order chi connectivity index (χ1) is 24.3. The summed E-state index contributed by atoms with van der Waals surface area (Å²) in [6, 6.07) is 70.4. The highest BCUT2D eigenvalue weighted by Crippen LogP contribution is 2.35. The monoisotopic (exact) mass is 627 g/mol. The molecule has 0 atom stereocenters. The molecule has 7 aromatic rings. The van der Waals surface area contributed by atoms with Crippen LogP contribution >= 0.6 is 0 Å². The van der Waals surface area contributed by atoms with E-state index in [4.69, 9.17) is 0 Å².